The molecule has 2 aromatic heterocycles. The van der Waals surface area contributed by atoms with Crippen molar-refractivity contribution < 1.29 is 19.0 Å². The lowest BCUT2D eigenvalue weighted by Crippen LogP contribution is -2.11. The predicted octanol–water partition coefficient (Wildman–Crippen LogP) is 3.01. The van der Waals surface area contributed by atoms with Crippen molar-refractivity contribution in [2.45, 2.75) is 13.5 Å². The molecule has 0 fully saturated rings. The van der Waals surface area contributed by atoms with E-state index in [0.717, 1.165) is 17.0 Å². The van der Waals surface area contributed by atoms with Gasteiger partial charge in [0.1, 0.15) is 12.4 Å². The number of fused-ring (bicyclic) bond motifs is 3. The quantitative estimate of drug-likeness (QED) is 0.673. The number of esters is 1. The first-order valence-electron chi connectivity index (χ1n) is 8.24. The van der Waals surface area contributed by atoms with Crippen LogP contribution < -0.4 is 9.47 Å². The Hall–Kier alpha value is -3.35. The Bertz CT molecular complexity index is 963. The summed E-state index contributed by atoms with van der Waals surface area (Å²) >= 11 is 0. The number of carbonyl (C=O) groups is 1. The van der Waals surface area contributed by atoms with Gasteiger partial charge in [-0.2, -0.15) is 5.10 Å². The number of benzene rings is 1. The number of rotatable bonds is 4. The third kappa shape index (κ3) is 2.57. The monoisotopic (exact) mass is 351 g/mol. The van der Waals surface area contributed by atoms with Gasteiger partial charge in [0.05, 0.1) is 36.9 Å². The zero-order valence-corrected chi connectivity index (χ0v) is 14.4. The highest BCUT2D eigenvalue weighted by molar-refractivity contribution is 5.92. The number of methoxy groups -OCH3 is 1. The van der Waals surface area contributed by atoms with E-state index in [9.17, 15) is 4.79 Å². The summed E-state index contributed by atoms with van der Waals surface area (Å²) < 4.78 is 17.8. The van der Waals surface area contributed by atoms with E-state index in [0.29, 0.717) is 17.1 Å². The van der Waals surface area contributed by atoms with Gasteiger partial charge in [0.2, 0.25) is 5.88 Å². The summed E-state index contributed by atoms with van der Waals surface area (Å²) in [7, 11) is 1.56. The summed E-state index contributed by atoms with van der Waals surface area (Å²) in [4.78, 5) is 16.6. The summed E-state index contributed by atoms with van der Waals surface area (Å²) in [5.41, 5.74) is 3.36. The average molecular weight is 351 g/mol. The van der Waals surface area contributed by atoms with Crippen LogP contribution in [0.1, 0.15) is 23.0 Å². The number of pyridine rings is 1. The van der Waals surface area contributed by atoms with Crippen LogP contribution in [0.15, 0.2) is 42.6 Å². The third-order valence-electron chi connectivity index (χ3n) is 4.14. The number of hydrogen-bond donors (Lipinski definition) is 0. The highest BCUT2D eigenvalue weighted by atomic mass is 16.5. The number of nitrogens with zero attached hydrogens (tertiary/aromatic N) is 3. The van der Waals surface area contributed by atoms with E-state index in [1.165, 1.54) is 0 Å². The molecule has 26 heavy (non-hydrogen) atoms. The van der Waals surface area contributed by atoms with Crippen molar-refractivity contribution in [3.05, 3.63) is 53.9 Å². The Kier molecular flexibility index (Phi) is 4.04. The molecule has 7 nitrogen and oxygen atoms in total. The SMILES string of the molecule is CCOC(=O)c1nn(-c2ccc(OC)nc2)c2c1COc1ccccc1-2. The molecule has 0 spiro atoms. The van der Waals surface area contributed by atoms with Crippen molar-refractivity contribution in [3.63, 3.8) is 0 Å². The van der Waals surface area contributed by atoms with E-state index in [1.807, 2.05) is 30.3 Å². The zero-order valence-electron chi connectivity index (χ0n) is 14.4. The highest BCUT2D eigenvalue weighted by Gasteiger charge is 2.30. The van der Waals surface area contributed by atoms with E-state index < -0.39 is 5.97 Å². The maximum Gasteiger partial charge on any atom is 0.359 e. The maximum absolute atomic E-state index is 12.4. The van der Waals surface area contributed by atoms with Crippen molar-refractivity contribution >= 4 is 5.97 Å². The Morgan fingerprint density at radius 1 is 1.27 bits per heavy atom. The standard InChI is InChI=1S/C19H17N3O4/c1-3-25-19(23)17-14-11-26-15-7-5-4-6-13(15)18(14)22(21-17)12-8-9-16(24-2)20-10-12/h4-10H,3,11H2,1-2H3. The molecule has 0 amide bonds. The second-order valence-electron chi connectivity index (χ2n) is 5.65. The third-order valence-corrected chi connectivity index (χ3v) is 4.14. The molecule has 0 aliphatic carbocycles. The van der Waals surface area contributed by atoms with E-state index >= 15 is 0 Å². The number of ether oxygens (including phenoxy) is 3. The molecule has 0 unspecified atom stereocenters. The van der Waals surface area contributed by atoms with Gasteiger partial charge in [-0.1, -0.05) is 12.1 Å². The molecule has 4 rings (SSSR count). The van der Waals surface area contributed by atoms with Crippen LogP contribution in [-0.2, 0) is 11.3 Å². The van der Waals surface area contributed by atoms with Crippen LogP contribution in [-0.4, -0.2) is 34.5 Å². The second-order valence-corrected chi connectivity index (χ2v) is 5.65. The van der Waals surface area contributed by atoms with Crippen molar-refractivity contribution in [3.8, 4) is 28.6 Å². The first-order valence-corrected chi connectivity index (χ1v) is 8.24. The smallest absolute Gasteiger partial charge is 0.359 e. The summed E-state index contributed by atoms with van der Waals surface area (Å²) in [6.45, 7) is 2.30. The van der Waals surface area contributed by atoms with E-state index in [2.05, 4.69) is 10.1 Å². The minimum Gasteiger partial charge on any atom is -0.488 e. The largest absolute Gasteiger partial charge is 0.488 e. The summed E-state index contributed by atoms with van der Waals surface area (Å²) in [6.07, 6.45) is 1.65. The molecule has 1 aliphatic heterocycles. The fourth-order valence-electron chi connectivity index (χ4n) is 2.97. The first-order chi connectivity index (χ1) is 12.7. The van der Waals surface area contributed by atoms with Crippen molar-refractivity contribution in [2.24, 2.45) is 0 Å². The minimum absolute atomic E-state index is 0.254. The molecule has 0 N–H and O–H groups in total. The summed E-state index contributed by atoms with van der Waals surface area (Å²) in [5.74, 6) is 0.786. The molecule has 7 heteroatoms. The molecule has 1 aliphatic rings. The number of carbonyl (C=O) groups excluding carboxylic acids is 1. The number of para-hydroxylation sites is 1. The van der Waals surface area contributed by atoms with E-state index in [1.54, 1.807) is 31.0 Å². The van der Waals surface area contributed by atoms with Crippen LogP contribution in [0.3, 0.4) is 0 Å². The lowest BCUT2D eigenvalue weighted by atomic mass is 10.0. The Morgan fingerprint density at radius 2 is 2.12 bits per heavy atom. The van der Waals surface area contributed by atoms with Crippen LogP contribution in [0.25, 0.3) is 16.9 Å². The van der Waals surface area contributed by atoms with Gasteiger partial charge in [0.15, 0.2) is 5.69 Å². The lowest BCUT2D eigenvalue weighted by molar-refractivity contribution is 0.0516. The van der Waals surface area contributed by atoms with Crippen LogP contribution in [0.5, 0.6) is 11.6 Å². The normalized spacial score (nSPS) is 11.9. The van der Waals surface area contributed by atoms with Crippen molar-refractivity contribution in [2.75, 3.05) is 13.7 Å². The molecule has 132 valence electrons. The molecule has 0 atom stereocenters. The van der Waals surface area contributed by atoms with Gasteiger partial charge >= 0.3 is 5.97 Å². The van der Waals surface area contributed by atoms with Gasteiger partial charge in [-0.05, 0) is 25.1 Å². The highest BCUT2D eigenvalue weighted by Crippen LogP contribution is 2.40. The predicted molar refractivity (Wildman–Crippen MR) is 93.6 cm³/mol. The molecular weight excluding hydrogens is 334 g/mol. The van der Waals surface area contributed by atoms with Crippen LogP contribution in [0.4, 0.5) is 0 Å². The van der Waals surface area contributed by atoms with Crippen LogP contribution >= 0.6 is 0 Å². The van der Waals surface area contributed by atoms with Gasteiger partial charge in [0.25, 0.3) is 0 Å². The molecule has 0 saturated heterocycles. The van der Waals surface area contributed by atoms with Gasteiger partial charge in [-0.3, -0.25) is 0 Å². The van der Waals surface area contributed by atoms with E-state index in [-0.39, 0.29) is 18.9 Å². The number of hydrogen-bond acceptors (Lipinski definition) is 6. The fraction of sp³-hybridized carbons (Fsp3) is 0.211. The second kappa shape index (κ2) is 6.51. The Labute approximate surface area is 150 Å². The zero-order chi connectivity index (χ0) is 18.1. The van der Waals surface area contributed by atoms with Gasteiger partial charge in [-0.25, -0.2) is 14.5 Å². The van der Waals surface area contributed by atoms with Crippen LogP contribution in [0, 0.1) is 0 Å². The van der Waals surface area contributed by atoms with Crippen molar-refractivity contribution in [1.82, 2.24) is 14.8 Å². The summed E-state index contributed by atoms with van der Waals surface area (Å²) in [5, 5.41) is 4.52. The molecular formula is C19H17N3O4. The molecule has 0 bridgehead atoms. The summed E-state index contributed by atoms with van der Waals surface area (Å²) in [6, 6.07) is 11.3. The lowest BCUT2D eigenvalue weighted by Gasteiger charge is -2.19. The maximum atomic E-state index is 12.4. The Balaban J connectivity index is 1.92. The van der Waals surface area contributed by atoms with Gasteiger partial charge in [-0.15, -0.1) is 0 Å². The average Bonchev–Trinajstić information content (AvgIpc) is 3.08. The van der Waals surface area contributed by atoms with Crippen molar-refractivity contribution in [1.29, 1.82) is 0 Å². The molecule has 3 heterocycles. The molecule has 1 aromatic carbocycles. The Morgan fingerprint density at radius 3 is 2.85 bits per heavy atom. The van der Waals surface area contributed by atoms with Gasteiger partial charge < -0.3 is 14.2 Å². The van der Waals surface area contributed by atoms with Crippen LogP contribution in [0.2, 0.25) is 0 Å². The minimum atomic E-state index is -0.466. The molecule has 0 saturated carbocycles. The topological polar surface area (TPSA) is 75.5 Å². The fourth-order valence-corrected chi connectivity index (χ4v) is 2.97. The van der Waals surface area contributed by atoms with E-state index in [4.69, 9.17) is 14.2 Å². The molecule has 0 radical (unpaired) electrons. The molecule has 3 aromatic rings. The number of aromatic nitrogens is 3. The van der Waals surface area contributed by atoms with Gasteiger partial charge in [0, 0.05) is 11.6 Å². The first kappa shape index (κ1) is 16.1.